The number of hydrogen-bond acceptors (Lipinski definition) is 3. The fourth-order valence-electron chi connectivity index (χ4n) is 3.87. The Kier molecular flexibility index (Phi) is 4.93. The maximum Gasteiger partial charge on any atom is 0.165 e. The monoisotopic (exact) mass is 357 g/mol. The van der Waals surface area contributed by atoms with Gasteiger partial charge in [0.15, 0.2) is 5.78 Å². The lowest BCUT2D eigenvalue weighted by Crippen LogP contribution is -2.36. The first-order valence-electron chi connectivity index (χ1n) is 9.33. The second-order valence-electron chi connectivity index (χ2n) is 6.85. The minimum absolute atomic E-state index is 0.0380. The molecule has 0 radical (unpaired) electrons. The smallest absolute Gasteiger partial charge is 0.165 e. The topological polar surface area (TPSA) is 29.5 Å². The number of carbonyl (C=O) groups is 1. The van der Waals surface area contributed by atoms with Crippen molar-refractivity contribution in [2.24, 2.45) is 0 Å². The summed E-state index contributed by atoms with van der Waals surface area (Å²) in [7, 11) is 1.67. The highest BCUT2D eigenvalue weighted by Gasteiger charge is 2.29. The minimum atomic E-state index is 0.0380. The molecule has 0 aliphatic carbocycles. The van der Waals surface area contributed by atoms with Crippen LogP contribution in [-0.2, 0) is 6.42 Å². The SMILES string of the molecule is COc1ccc(N2CCc3ccccc3C2CC(=O)c2ccccc2)cc1. The molecular formula is C24H23NO2. The van der Waals surface area contributed by atoms with E-state index in [1.54, 1.807) is 7.11 Å². The molecule has 0 aromatic heterocycles. The van der Waals surface area contributed by atoms with E-state index in [1.165, 1.54) is 11.1 Å². The molecule has 3 heteroatoms. The molecule has 136 valence electrons. The zero-order valence-corrected chi connectivity index (χ0v) is 15.5. The summed E-state index contributed by atoms with van der Waals surface area (Å²) in [6.45, 7) is 0.899. The van der Waals surface area contributed by atoms with Gasteiger partial charge in [-0.25, -0.2) is 0 Å². The number of ether oxygens (including phenoxy) is 1. The summed E-state index contributed by atoms with van der Waals surface area (Å²) >= 11 is 0. The third-order valence-corrected chi connectivity index (χ3v) is 5.29. The maximum atomic E-state index is 13.0. The van der Waals surface area contributed by atoms with E-state index in [0.29, 0.717) is 6.42 Å². The van der Waals surface area contributed by atoms with E-state index in [2.05, 4.69) is 41.3 Å². The van der Waals surface area contributed by atoms with Crippen molar-refractivity contribution in [1.29, 1.82) is 0 Å². The Hall–Kier alpha value is -3.07. The first-order chi connectivity index (χ1) is 13.3. The van der Waals surface area contributed by atoms with Crippen LogP contribution in [0, 0.1) is 0 Å². The molecule has 1 heterocycles. The van der Waals surface area contributed by atoms with Gasteiger partial charge < -0.3 is 9.64 Å². The Morgan fingerprint density at radius 1 is 0.963 bits per heavy atom. The molecule has 1 unspecified atom stereocenters. The van der Waals surface area contributed by atoms with E-state index in [9.17, 15) is 4.79 Å². The van der Waals surface area contributed by atoms with E-state index in [1.807, 2.05) is 42.5 Å². The third kappa shape index (κ3) is 3.59. The number of rotatable bonds is 5. The van der Waals surface area contributed by atoms with Gasteiger partial charge in [0.05, 0.1) is 13.2 Å². The van der Waals surface area contributed by atoms with Gasteiger partial charge in [-0.1, -0.05) is 54.6 Å². The predicted octanol–water partition coefficient (Wildman–Crippen LogP) is 5.07. The van der Waals surface area contributed by atoms with Gasteiger partial charge in [-0.3, -0.25) is 4.79 Å². The van der Waals surface area contributed by atoms with Crippen molar-refractivity contribution >= 4 is 11.5 Å². The standard InChI is InChI=1S/C24H23NO2/c1-27-21-13-11-20(12-14-21)25-16-15-18-7-5-6-10-22(18)23(25)17-24(26)19-8-3-2-4-9-19/h2-14,23H,15-17H2,1H3. The molecule has 1 aliphatic rings. The summed E-state index contributed by atoms with van der Waals surface area (Å²) < 4.78 is 5.29. The summed E-state index contributed by atoms with van der Waals surface area (Å²) in [6.07, 6.45) is 1.45. The van der Waals surface area contributed by atoms with Crippen molar-refractivity contribution < 1.29 is 9.53 Å². The number of Topliss-reactive ketones (excluding diaryl/α,β-unsaturated/α-hetero) is 1. The van der Waals surface area contributed by atoms with E-state index in [-0.39, 0.29) is 11.8 Å². The van der Waals surface area contributed by atoms with Gasteiger partial charge in [0.2, 0.25) is 0 Å². The van der Waals surface area contributed by atoms with Gasteiger partial charge in [-0.05, 0) is 41.8 Å². The van der Waals surface area contributed by atoms with Crippen molar-refractivity contribution in [2.45, 2.75) is 18.9 Å². The first-order valence-corrected chi connectivity index (χ1v) is 9.33. The van der Waals surface area contributed by atoms with Gasteiger partial charge >= 0.3 is 0 Å². The van der Waals surface area contributed by atoms with Crippen LogP contribution in [0.1, 0.15) is 33.9 Å². The molecule has 0 saturated heterocycles. The van der Waals surface area contributed by atoms with Crippen molar-refractivity contribution in [2.75, 3.05) is 18.6 Å². The van der Waals surface area contributed by atoms with Crippen molar-refractivity contribution in [3.63, 3.8) is 0 Å². The fraction of sp³-hybridized carbons (Fsp3) is 0.208. The largest absolute Gasteiger partial charge is 0.497 e. The number of carbonyl (C=O) groups excluding carboxylic acids is 1. The lowest BCUT2D eigenvalue weighted by Gasteiger charge is -2.39. The highest BCUT2D eigenvalue weighted by atomic mass is 16.5. The molecule has 1 atom stereocenters. The quantitative estimate of drug-likeness (QED) is 0.597. The van der Waals surface area contributed by atoms with Crippen LogP contribution in [0.2, 0.25) is 0 Å². The second kappa shape index (κ2) is 7.67. The van der Waals surface area contributed by atoms with Crippen LogP contribution >= 0.6 is 0 Å². The normalized spacial score (nSPS) is 15.9. The number of nitrogens with zero attached hydrogens (tertiary/aromatic N) is 1. The van der Waals surface area contributed by atoms with Crippen molar-refractivity contribution in [3.8, 4) is 5.75 Å². The molecule has 0 saturated carbocycles. The molecule has 0 fully saturated rings. The molecule has 4 rings (SSSR count). The Morgan fingerprint density at radius 2 is 1.67 bits per heavy atom. The van der Waals surface area contributed by atoms with Crippen LogP contribution in [0.3, 0.4) is 0 Å². The Balaban J connectivity index is 1.68. The van der Waals surface area contributed by atoms with Crippen molar-refractivity contribution in [1.82, 2.24) is 0 Å². The average molecular weight is 357 g/mol. The highest BCUT2D eigenvalue weighted by molar-refractivity contribution is 5.96. The van der Waals surface area contributed by atoms with E-state index >= 15 is 0 Å². The maximum absolute atomic E-state index is 13.0. The summed E-state index contributed by atoms with van der Waals surface area (Å²) in [4.78, 5) is 15.3. The number of fused-ring (bicyclic) bond motifs is 1. The molecule has 3 aromatic carbocycles. The lowest BCUT2D eigenvalue weighted by molar-refractivity contribution is 0.0972. The third-order valence-electron chi connectivity index (χ3n) is 5.29. The van der Waals surface area contributed by atoms with E-state index in [4.69, 9.17) is 4.74 Å². The van der Waals surface area contributed by atoms with Crippen LogP contribution in [0.15, 0.2) is 78.9 Å². The summed E-state index contributed by atoms with van der Waals surface area (Å²) in [6, 6.07) is 26.2. The van der Waals surface area contributed by atoms with Crippen LogP contribution in [0.5, 0.6) is 5.75 Å². The number of anilines is 1. The molecular weight excluding hydrogens is 334 g/mol. The van der Waals surface area contributed by atoms with Crippen LogP contribution in [-0.4, -0.2) is 19.4 Å². The van der Waals surface area contributed by atoms with Crippen LogP contribution in [0.4, 0.5) is 5.69 Å². The Morgan fingerprint density at radius 3 is 2.41 bits per heavy atom. The molecule has 0 spiro atoms. The van der Waals surface area contributed by atoms with Gasteiger partial charge in [-0.2, -0.15) is 0 Å². The number of hydrogen-bond donors (Lipinski definition) is 0. The molecule has 0 amide bonds. The van der Waals surface area contributed by atoms with E-state index < -0.39 is 0 Å². The van der Waals surface area contributed by atoms with Gasteiger partial charge in [0, 0.05) is 24.2 Å². The summed E-state index contributed by atoms with van der Waals surface area (Å²) in [5.41, 5.74) is 4.49. The molecule has 3 nitrogen and oxygen atoms in total. The van der Waals surface area contributed by atoms with Gasteiger partial charge in [0.1, 0.15) is 5.75 Å². The molecule has 1 aliphatic heterocycles. The number of benzene rings is 3. The summed E-state index contributed by atoms with van der Waals surface area (Å²) in [5.74, 6) is 1.02. The number of ketones is 1. The van der Waals surface area contributed by atoms with Gasteiger partial charge in [0.25, 0.3) is 0 Å². The van der Waals surface area contributed by atoms with Crippen LogP contribution in [0.25, 0.3) is 0 Å². The molecule has 0 N–H and O–H groups in total. The van der Waals surface area contributed by atoms with E-state index in [0.717, 1.165) is 30.0 Å². The Labute approximate surface area is 160 Å². The molecule has 27 heavy (non-hydrogen) atoms. The fourth-order valence-corrected chi connectivity index (χ4v) is 3.87. The number of methoxy groups -OCH3 is 1. The summed E-state index contributed by atoms with van der Waals surface area (Å²) in [5, 5.41) is 0. The first kappa shape index (κ1) is 17.3. The second-order valence-corrected chi connectivity index (χ2v) is 6.85. The lowest BCUT2D eigenvalue weighted by atomic mass is 9.88. The Bertz CT molecular complexity index is 919. The molecule has 0 bridgehead atoms. The molecule has 3 aromatic rings. The minimum Gasteiger partial charge on any atom is -0.497 e. The van der Waals surface area contributed by atoms with Crippen molar-refractivity contribution in [3.05, 3.63) is 95.6 Å². The zero-order chi connectivity index (χ0) is 18.6. The van der Waals surface area contributed by atoms with Gasteiger partial charge in [-0.15, -0.1) is 0 Å². The van der Waals surface area contributed by atoms with Crippen LogP contribution < -0.4 is 9.64 Å². The highest BCUT2D eigenvalue weighted by Crippen LogP contribution is 2.37. The predicted molar refractivity (Wildman–Crippen MR) is 109 cm³/mol. The average Bonchev–Trinajstić information content (AvgIpc) is 2.74. The zero-order valence-electron chi connectivity index (χ0n) is 15.5.